The van der Waals surface area contributed by atoms with Gasteiger partial charge in [-0.3, -0.25) is 0 Å². The highest BCUT2D eigenvalue weighted by Gasteiger charge is 2.15. The summed E-state index contributed by atoms with van der Waals surface area (Å²) in [6, 6.07) is 0.00696. The van der Waals surface area contributed by atoms with E-state index in [1.54, 1.807) is 0 Å². The van der Waals surface area contributed by atoms with E-state index in [2.05, 4.69) is 5.32 Å². The number of nitrogens with one attached hydrogen (secondary N) is 1. The lowest BCUT2D eigenvalue weighted by molar-refractivity contribution is 0.0524. The summed E-state index contributed by atoms with van der Waals surface area (Å²) < 4.78 is 5.03. The van der Waals surface area contributed by atoms with Crippen LogP contribution in [0.1, 0.15) is 34.1 Å². The second kappa shape index (κ2) is 5.07. The third-order valence-electron chi connectivity index (χ3n) is 1.43. The van der Waals surface area contributed by atoms with Crippen molar-refractivity contribution in [2.24, 2.45) is 5.73 Å². The standard InChI is InChI=1S/C9H20N2O2/c1-5-7(10)6-11-8(12)13-9(2,3)4/h7H,5-6,10H2,1-4H3,(H,11,12). The van der Waals surface area contributed by atoms with Crippen molar-refractivity contribution in [1.82, 2.24) is 5.32 Å². The summed E-state index contributed by atoms with van der Waals surface area (Å²) in [5.74, 6) is 0. The van der Waals surface area contributed by atoms with E-state index < -0.39 is 11.7 Å². The molecule has 0 heterocycles. The van der Waals surface area contributed by atoms with Crippen molar-refractivity contribution < 1.29 is 9.53 Å². The van der Waals surface area contributed by atoms with Crippen LogP contribution in [0.2, 0.25) is 0 Å². The van der Waals surface area contributed by atoms with E-state index in [9.17, 15) is 4.79 Å². The fraction of sp³-hybridized carbons (Fsp3) is 0.889. The number of carbonyl (C=O) groups excluding carboxylic acids is 1. The predicted octanol–water partition coefficient (Wildman–Crippen LogP) is 1.25. The molecule has 0 saturated heterocycles. The van der Waals surface area contributed by atoms with Crippen LogP contribution in [0, 0.1) is 0 Å². The van der Waals surface area contributed by atoms with E-state index in [0.29, 0.717) is 6.54 Å². The lowest BCUT2D eigenvalue weighted by Crippen LogP contribution is -2.39. The van der Waals surface area contributed by atoms with Gasteiger partial charge in [-0.15, -0.1) is 0 Å². The summed E-state index contributed by atoms with van der Waals surface area (Å²) in [7, 11) is 0. The Morgan fingerprint density at radius 1 is 1.54 bits per heavy atom. The van der Waals surface area contributed by atoms with E-state index in [0.717, 1.165) is 6.42 Å². The van der Waals surface area contributed by atoms with Crippen molar-refractivity contribution in [3.05, 3.63) is 0 Å². The molecule has 78 valence electrons. The molecule has 0 aliphatic carbocycles. The van der Waals surface area contributed by atoms with Crippen LogP contribution in [0.25, 0.3) is 0 Å². The summed E-state index contributed by atoms with van der Waals surface area (Å²) in [5, 5.41) is 2.60. The molecule has 0 fully saturated rings. The van der Waals surface area contributed by atoms with Crippen molar-refractivity contribution >= 4 is 6.09 Å². The number of hydrogen-bond donors (Lipinski definition) is 2. The molecule has 4 heteroatoms. The molecule has 0 rings (SSSR count). The maximum atomic E-state index is 11.1. The van der Waals surface area contributed by atoms with E-state index in [-0.39, 0.29) is 6.04 Å². The normalized spacial score (nSPS) is 13.6. The van der Waals surface area contributed by atoms with Crippen molar-refractivity contribution in [1.29, 1.82) is 0 Å². The molecule has 1 amide bonds. The van der Waals surface area contributed by atoms with E-state index in [1.807, 2.05) is 27.7 Å². The Morgan fingerprint density at radius 2 is 2.08 bits per heavy atom. The van der Waals surface area contributed by atoms with Gasteiger partial charge in [0.25, 0.3) is 0 Å². The summed E-state index contributed by atoms with van der Waals surface area (Å²) in [6.45, 7) is 7.91. The number of carbonyl (C=O) groups is 1. The molecule has 4 nitrogen and oxygen atoms in total. The quantitative estimate of drug-likeness (QED) is 0.700. The van der Waals surface area contributed by atoms with E-state index in [1.165, 1.54) is 0 Å². The molecule has 1 unspecified atom stereocenters. The van der Waals surface area contributed by atoms with Gasteiger partial charge in [0.15, 0.2) is 0 Å². The van der Waals surface area contributed by atoms with Crippen LogP contribution in [0.3, 0.4) is 0 Å². The highest BCUT2D eigenvalue weighted by Crippen LogP contribution is 2.06. The highest BCUT2D eigenvalue weighted by molar-refractivity contribution is 5.67. The third kappa shape index (κ3) is 7.59. The second-order valence-electron chi connectivity index (χ2n) is 4.05. The second-order valence-corrected chi connectivity index (χ2v) is 4.05. The van der Waals surface area contributed by atoms with Crippen molar-refractivity contribution in [2.45, 2.75) is 45.8 Å². The molecule has 3 N–H and O–H groups in total. The molecule has 0 saturated carbocycles. The van der Waals surface area contributed by atoms with Gasteiger partial charge in [-0.2, -0.15) is 0 Å². The maximum Gasteiger partial charge on any atom is 0.407 e. The van der Waals surface area contributed by atoms with Crippen LogP contribution in [-0.2, 0) is 4.74 Å². The lowest BCUT2D eigenvalue weighted by atomic mass is 10.2. The number of nitrogens with two attached hydrogens (primary N) is 1. The molecule has 0 aliphatic heterocycles. The fourth-order valence-corrected chi connectivity index (χ4v) is 0.673. The molecule has 13 heavy (non-hydrogen) atoms. The fourth-order valence-electron chi connectivity index (χ4n) is 0.673. The number of rotatable bonds is 3. The van der Waals surface area contributed by atoms with Crippen molar-refractivity contribution in [3.63, 3.8) is 0 Å². The Balaban J connectivity index is 3.64. The number of ether oxygens (including phenoxy) is 1. The van der Waals surface area contributed by atoms with Gasteiger partial charge in [-0.05, 0) is 27.2 Å². The summed E-state index contributed by atoms with van der Waals surface area (Å²) in [5.41, 5.74) is 5.17. The lowest BCUT2D eigenvalue weighted by Gasteiger charge is -2.20. The largest absolute Gasteiger partial charge is 0.444 e. The van der Waals surface area contributed by atoms with Gasteiger partial charge in [0, 0.05) is 12.6 Å². The molecule has 0 aromatic rings. The Morgan fingerprint density at radius 3 is 2.46 bits per heavy atom. The van der Waals surface area contributed by atoms with Gasteiger partial charge in [0.1, 0.15) is 5.60 Å². The first-order valence-corrected chi connectivity index (χ1v) is 4.57. The molecule has 0 aromatic heterocycles. The Hall–Kier alpha value is -0.770. The molecule has 1 atom stereocenters. The summed E-state index contributed by atoms with van der Waals surface area (Å²) in [6.07, 6.45) is 0.437. The van der Waals surface area contributed by atoms with Crippen molar-refractivity contribution in [3.8, 4) is 0 Å². The van der Waals surface area contributed by atoms with Gasteiger partial charge in [-0.1, -0.05) is 6.92 Å². The maximum absolute atomic E-state index is 11.1. The number of hydrogen-bond acceptors (Lipinski definition) is 3. The van der Waals surface area contributed by atoms with Crippen LogP contribution < -0.4 is 11.1 Å². The summed E-state index contributed by atoms with van der Waals surface area (Å²) >= 11 is 0. The van der Waals surface area contributed by atoms with Gasteiger partial charge >= 0.3 is 6.09 Å². The molecule has 0 radical (unpaired) electrons. The molecule has 0 aliphatic rings. The average Bonchev–Trinajstić information content (AvgIpc) is 1.97. The monoisotopic (exact) mass is 188 g/mol. The van der Waals surface area contributed by atoms with Crippen LogP contribution in [0.5, 0.6) is 0 Å². The minimum absolute atomic E-state index is 0.00696. The molecule has 0 spiro atoms. The minimum atomic E-state index is -0.444. The SMILES string of the molecule is CCC(N)CNC(=O)OC(C)(C)C. The molecule has 0 aromatic carbocycles. The molecular weight excluding hydrogens is 168 g/mol. The van der Waals surface area contributed by atoms with Gasteiger partial charge < -0.3 is 15.8 Å². The minimum Gasteiger partial charge on any atom is -0.444 e. The van der Waals surface area contributed by atoms with E-state index >= 15 is 0 Å². The van der Waals surface area contributed by atoms with Crippen LogP contribution in [0.4, 0.5) is 4.79 Å². The zero-order chi connectivity index (χ0) is 10.5. The van der Waals surface area contributed by atoms with Crippen molar-refractivity contribution in [2.75, 3.05) is 6.54 Å². The van der Waals surface area contributed by atoms with Gasteiger partial charge in [0.2, 0.25) is 0 Å². The first-order valence-electron chi connectivity index (χ1n) is 4.57. The zero-order valence-electron chi connectivity index (χ0n) is 8.89. The van der Waals surface area contributed by atoms with Crippen LogP contribution >= 0.6 is 0 Å². The Labute approximate surface area is 79.8 Å². The number of alkyl carbamates (subject to hydrolysis) is 1. The Kier molecular flexibility index (Phi) is 4.77. The molecule has 0 bridgehead atoms. The molecular formula is C9H20N2O2. The van der Waals surface area contributed by atoms with Gasteiger partial charge in [0.05, 0.1) is 0 Å². The zero-order valence-corrected chi connectivity index (χ0v) is 8.89. The van der Waals surface area contributed by atoms with E-state index in [4.69, 9.17) is 10.5 Å². The topological polar surface area (TPSA) is 64.3 Å². The summed E-state index contributed by atoms with van der Waals surface area (Å²) in [4.78, 5) is 11.1. The highest BCUT2D eigenvalue weighted by atomic mass is 16.6. The smallest absolute Gasteiger partial charge is 0.407 e. The van der Waals surface area contributed by atoms with Crippen LogP contribution in [-0.4, -0.2) is 24.3 Å². The third-order valence-corrected chi connectivity index (χ3v) is 1.43. The first-order chi connectivity index (χ1) is 5.85. The van der Waals surface area contributed by atoms with Crippen LogP contribution in [0.15, 0.2) is 0 Å². The first kappa shape index (κ1) is 12.2. The average molecular weight is 188 g/mol. The number of amides is 1. The Bertz CT molecular complexity index is 163. The van der Waals surface area contributed by atoms with Gasteiger partial charge in [-0.25, -0.2) is 4.79 Å². The predicted molar refractivity (Wildman–Crippen MR) is 52.5 cm³/mol.